The highest BCUT2D eigenvalue weighted by molar-refractivity contribution is 6.42. The molecule has 4 nitrogen and oxygen atoms in total. The van der Waals surface area contributed by atoms with Crippen LogP contribution in [0.2, 0.25) is 10.0 Å². The molecule has 0 saturated carbocycles. The van der Waals surface area contributed by atoms with Crippen LogP contribution in [0.25, 0.3) is 0 Å². The summed E-state index contributed by atoms with van der Waals surface area (Å²) in [6.07, 6.45) is 0.166. The van der Waals surface area contributed by atoms with Gasteiger partial charge in [0.1, 0.15) is 10.8 Å². The summed E-state index contributed by atoms with van der Waals surface area (Å²) in [6, 6.07) is 5.05. The van der Waals surface area contributed by atoms with Gasteiger partial charge in [-0.2, -0.15) is 0 Å². The third kappa shape index (κ3) is 3.58. The van der Waals surface area contributed by atoms with Gasteiger partial charge >= 0.3 is 0 Å². The van der Waals surface area contributed by atoms with Gasteiger partial charge in [-0.15, -0.1) is 0 Å². The molecule has 82 valence electrons. The van der Waals surface area contributed by atoms with Crippen LogP contribution in [0.15, 0.2) is 18.2 Å². The van der Waals surface area contributed by atoms with Crippen LogP contribution in [0.1, 0.15) is 6.42 Å². The van der Waals surface area contributed by atoms with Crippen LogP contribution in [-0.4, -0.2) is 12.5 Å². The molecule has 0 fully saturated rings. The van der Waals surface area contributed by atoms with Crippen molar-refractivity contribution in [2.24, 2.45) is 5.84 Å². The first-order valence-corrected chi connectivity index (χ1v) is 4.97. The average Bonchev–Trinajstić information content (AvgIpc) is 2.24. The van der Waals surface area contributed by atoms with Crippen LogP contribution in [0.4, 0.5) is 0 Å². The zero-order chi connectivity index (χ0) is 11.3. The van der Waals surface area contributed by atoms with Crippen molar-refractivity contribution in [3.63, 3.8) is 0 Å². The highest BCUT2D eigenvalue weighted by Gasteiger charge is 2.06. The molecule has 0 saturated heterocycles. The van der Waals surface area contributed by atoms with Gasteiger partial charge in [-0.25, -0.2) is 5.84 Å². The van der Waals surface area contributed by atoms with E-state index in [1.807, 2.05) is 5.43 Å². The summed E-state index contributed by atoms with van der Waals surface area (Å²) in [6.45, 7) is 0.198. The van der Waals surface area contributed by atoms with Crippen molar-refractivity contribution in [3.05, 3.63) is 28.2 Å². The lowest BCUT2D eigenvalue weighted by molar-refractivity contribution is -0.121. The van der Waals surface area contributed by atoms with Crippen LogP contribution in [0, 0.1) is 0 Å². The van der Waals surface area contributed by atoms with Gasteiger partial charge in [0.05, 0.1) is 18.1 Å². The maximum atomic E-state index is 10.8. The third-order valence-corrected chi connectivity index (χ3v) is 2.47. The maximum absolute atomic E-state index is 10.8. The lowest BCUT2D eigenvalue weighted by Gasteiger charge is -2.07. The van der Waals surface area contributed by atoms with Gasteiger partial charge < -0.3 is 4.74 Å². The number of nitrogens with two attached hydrogens (primary N) is 1. The molecular formula is C9H10Cl2N2O2. The molecule has 0 atom stereocenters. The molecule has 6 heteroatoms. The summed E-state index contributed by atoms with van der Waals surface area (Å²) in [5.41, 5.74) is 2.00. The Labute approximate surface area is 97.3 Å². The summed E-state index contributed by atoms with van der Waals surface area (Å²) >= 11 is 11.6. The van der Waals surface area contributed by atoms with Crippen LogP contribution in [-0.2, 0) is 4.79 Å². The molecule has 0 heterocycles. The lowest BCUT2D eigenvalue weighted by atomic mass is 10.3. The molecule has 0 aliphatic rings. The van der Waals surface area contributed by atoms with Gasteiger partial charge in [0.25, 0.3) is 0 Å². The lowest BCUT2D eigenvalue weighted by Crippen LogP contribution is -2.31. The number of hydrogen-bond donors (Lipinski definition) is 2. The zero-order valence-corrected chi connectivity index (χ0v) is 9.31. The number of ether oxygens (including phenoxy) is 1. The number of halogens is 2. The fraction of sp³-hybridized carbons (Fsp3) is 0.222. The Morgan fingerprint density at radius 1 is 1.47 bits per heavy atom. The van der Waals surface area contributed by atoms with Crippen LogP contribution in [0.5, 0.6) is 5.75 Å². The molecule has 0 spiro atoms. The van der Waals surface area contributed by atoms with Gasteiger partial charge in [-0.1, -0.05) is 29.3 Å². The minimum atomic E-state index is -0.298. The van der Waals surface area contributed by atoms with E-state index in [1.54, 1.807) is 18.2 Å². The summed E-state index contributed by atoms with van der Waals surface area (Å²) < 4.78 is 5.26. The molecule has 0 bridgehead atoms. The van der Waals surface area contributed by atoms with E-state index in [2.05, 4.69) is 0 Å². The summed E-state index contributed by atoms with van der Waals surface area (Å²) in [5.74, 6) is 5.06. The maximum Gasteiger partial charge on any atom is 0.237 e. The van der Waals surface area contributed by atoms with Gasteiger partial charge in [0.2, 0.25) is 5.91 Å². The molecule has 1 aromatic carbocycles. The van der Waals surface area contributed by atoms with Gasteiger partial charge in [0, 0.05) is 0 Å². The van der Waals surface area contributed by atoms with Crippen molar-refractivity contribution in [2.75, 3.05) is 6.61 Å². The van der Waals surface area contributed by atoms with E-state index < -0.39 is 0 Å². The summed E-state index contributed by atoms with van der Waals surface area (Å²) in [5, 5.41) is 0.754. The molecule has 1 aromatic rings. The predicted molar refractivity (Wildman–Crippen MR) is 58.9 cm³/mol. The SMILES string of the molecule is NNC(=O)CCOc1cccc(Cl)c1Cl. The molecule has 1 amide bonds. The topological polar surface area (TPSA) is 64.3 Å². The second kappa shape index (κ2) is 5.80. The number of nitrogens with one attached hydrogen (secondary N) is 1. The zero-order valence-electron chi connectivity index (χ0n) is 7.80. The average molecular weight is 249 g/mol. The number of carbonyl (C=O) groups excluding carboxylic acids is 1. The van der Waals surface area contributed by atoms with Gasteiger partial charge in [-0.05, 0) is 12.1 Å². The van der Waals surface area contributed by atoms with E-state index in [1.165, 1.54) is 0 Å². The Morgan fingerprint density at radius 3 is 2.87 bits per heavy atom. The highest BCUT2D eigenvalue weighted by Crippen LogP contribution is 2.31. The number of carbonyl (C=O) groups is 1. The van der Waals surface area contributed by atoms with E-state index in [-0.39, 0.29) is 18.9 Å². The van der Waals surface area contributed by atoms with E-state index >= 15 is 0 Å². The summed E-state index contributed by atoms with van der Waals surface area (Å²) in [4.78, 5) is 10.8. The number of amides is 1. The second-order valence-corrected chi connectivity index (χ2v) is 3.50. The smallest absolute Gasteiger partial charge is 0.237 e. The molecule has 1 rings (SSSR count). The monoisotopic (exact) mass is 248 g/mol. The summed E-state index contributed by atoms with van der Waals surface area (Å²) in [7, 11) is 0. The van der Waals surface area contributed by atoms with E-state index in [9.17, 15) is 4.79 Å². The third-order valence-electron chi connectivity index (χ3n) is 1.66. The number of hydrazine groups is 1. The molecule has 0 aromatic heterocycles. The van der Waals surface area contributed by atoms with Crippen molar-refractivity contribution < 1.29 is 9.53 Å². The number of benzene rings is 1. The van der Waals surface area contributed by atoms with E-state index in [0.29, 0.717) is 15.8 Å². The van der Waals surface area contributed by atoms with E-state index in [0.717, 1.165) is 0 Å². The minimum Gasteiger partial charge on any atom is -0.491 e. The Hall–Kier alpha value is -0.970. The standard InChI is InChI=1S/C9H10Cl2N2O2/c10-6-2-1-3-7(9(6)11)15-5-4-8(14)13-12/h1-3H,4-5,12H2,(H,13,14). The Morgan fingerprint density at radius 2 is 2.20 bits per heavy atom. The first-order valence-electron chi connectivity index (χ1n) is 4.21. The Bertz CT molecular complexity index is 358. The number of rotatable bonds is 4. The van der Waals surface area contributed by atoms with Crippen LogP contribution < -0.4 is 16.0 Å². The molecule has 15 heavy (non-hydrogen) atoms. The molecule has 0 radical (unpaired) electrons. The largest absolute Gasteiger partial charge is 0.491 e. The first kappa shape index (κ1) is 12.1. The van der Waals surface area contributed by atoms with Gasteiger partial charge in [-0.3, -0.25) is 10.2 Å². The van der Waals surface area contributed by atoms with Crippen molar-refractivity contribution >= 4 is 29.1 Å². The van der Waals surface area contributed by atoms with Crippen molar-refractivity contribution in [3.8, 4) is 5.75 Å². The molecule has 0 aliphatic carbocycles. The number of hydrogen-bond acceptors (Lipinski definition) is 3. The second-order valence-electron chi connectivity index (χ2n) is 2.72. The first-order chi connectivity index (χ1) is 7.15. The fourth-order valence-electron chi connectivity index (χ4n) is 0.921. The quantitative estimate of drug-likeness (QED) is 0.485. The van der Waals surface area contributed by atoms with Crippen molar-refractivity contribution in [2.45, 2.75) is 6.42 Å². The minimum absolute atomic E-state index is 0.166. The molecule has 0 aliphatic heterocycles. The van der Waals surface area contributed by atoms with Crippen LogP contribution in [0.3, 0.4) is 0 Å². The molecule has 0 unspecified atom stereocenters. The Kier molecular flexibility index (Phi) is 4.68. The molecular weight excluding hydrogens is 239 g/mol. The fourth-order valence-corrected chi connectivity index (χ4v) is 1.27. The van der Waals surface area contributed by atoms with Crippen molar-refractivity contribution in [1.82, 2.24) is 5.43 Å². The Balaban J connectivity index is 2.51. The van der Waals surface area contributed by atoms with Crippen LogP contribution >= 0.6 is 23.2 Å². The van der Waals surface area contributed by atoms with E-state index in [4.69, 9.17) is 33.8 Å². The van der Waals surface area contributed by atoms with Gasteiger partial charge in [0.15, 0.2) is 0 Å². The normalized spacial score (nSPS) is 9.80. The van der Waals surface area contributed by atoms with Crippen molar-refractivity contribution in [1.29, 1.82) is 0 Å². The molecule has 3 N–H and O–H groups in total. The predicted octanol–water partition coefficient (Wildman–Crippen LogP) is 1.75. The highest BCUT2D eigenvalue weighted by atomic mass is 35.5.